The van der Waals surface area contributed by atoms with Crippen molar-refractivity contribution >= 4 is 35.1 Å². The fourth-order valence-electron chi connectivity index (χ4n) is 5.32. The summed E-state index contributed by atoms with van der Waals surface area (Å²) < 4.78 is 70.6. The molecule has 5 rings (SSSR count). The number of benzene rings is 2. The van der Waals surface area contributed by atoms with Gasteiger partial charge in [0.25, 0.3) is 11.8 Å². The number of nitrogens with zero attached hydrogens (tertiary/aromatic N) is 4. The molecule has 3 heterocycles. The lowest BCUT2D eigenvalue weighted by molar-refractivity contribution is -0.192. The van der Waals surface area contributed by atoms with Crippen LogP contribution in [0, 0.1) is 24.5 Å². The van der Waals surface area contributed by atoms with Gasteiger partial charge in [-0.3, -0.25) is 14.3 Å². The maximum Gasteiger partial charge on any atom is 0.490 e. The Kier molecular flexibility index (Phi) is 12.9. The molecule has 1 fully saturated rings. The summed E-state index contributed by atoms with van der Waals surface area (Å²) in [6, 6.07) is 7.53. The van der Waals surface area contributed by atoms with Gasteiger partial charge in [-0.15, -0.1) is 0 Å². The molecule has 0 aliphatic carbocycles. The minimum atomic E-state index is -5.08. The zero-order valence-electron chi connectivity index (χ0n) is 27.7. The van der Waals surface area contributed by atoms with Crippen LogP contribution < -0.4 is 16.0 Å². The second-order valence-corrected chi connectivity index (χ2v) is 11.9. The van der Waals surface area contributed by atoms with Gasteiger partial charge in [0.2, 0.25) is 0 Å². The largest absolute Gasteiger partial charge is 0.490 e. The van der Waals surface area contributed by atoms with Crippen LogP contribution in [-0.4, -0.2) is 81.7 Å². The van der Waals surface area contributed by atoms with Crippen molar-refractivity contribution in [2.24, 2.45) is 13.0 Å². The summed E-state index contributed by atoms with van der Waals surface area (Å²) in [5, 5.41) is 20.5. The SMILES string of the molecule is COCCn1ncc(-c2ccc(-c3cnc(C(=O)Nc4ccc(C(=O)NCC5CCNCC5)c(Cl)c4)n3C)c(F)c2F)c1C.O=C(O)C(F)(F)F. The highest BCUT2D eigenvalue weighted by Gasteiger charge is 2.38. The first-order valence-corrected chi connectivity index (χ1v) is 15.9. The quantitative estimate of drug-likeness (QED) is 0.157. The Hall–Kier alpha value is -4.87. The Morgan fingerprint density at radius 2 is 1.69 bits per heavy atom. The number of amides is 2. The molecule has 0 saturated carbocycles. The average molecular weight is 740 g/mol. The summed E-state index contributed by atoms with van der Waals surface area (Å²) in [5.74, 6) is -5.33. The fraction of sp³-hybridized carbons (Fsp3) is 0.364. The van der Waals surface area contributed by atoms with Crippen LogP contribution >= 0.6 is 11.6 Å². The second-order valence-electron chi connectivity index (χ2n) is 11.5. The minimum Gasteiger partial charge on any atom is -0.475 e. The van der Waals surface area contributed by atoms with Crippen molar-refractivity contribution in [1.29, 1.82) is 0 Å². The minimum absolute atomic E-state index is 0.0286. The van der Waals surface area contributed by atoms with Gasteiger partial charge in [-0.25, -0.2) is 18.6 Å². The molecule has 4 aromatic rings. The van der Waals surface area contributed by atoms with Gasteiger partial charge in [-0.05, 0) is 63.0 Å². The van der Waals surface area contributed by atoms with Gasteiger partial charge in [0, 0.05) is 48.8 Å². The number of carboxylic acids is 1. The molecule has 0 bridgehead atoms. The standard InChI is InChI=1S/C31H34ClF2N7O3.C2HF3O2/c1-18-24(16-38-41(18)12-13-44-3)21-6-7-23(28(34)27(21)33)26-17-36-29(40(26)2)31(43)39-20-4-5-22(25(32)14-20)30(42)37-15-19-8-10-35-11-9-19;3-2(4,5)1(6)7/h4-7,14,16-17,19,35H,8-13,15H2,1-3H3,(H,37,42)(H,39,43);(H,6,7). The Morgan fingerprint density at radius 3 is 2.31 bits per heavy atom. The molecule has 0 unspecified atom stereocenters. The van der Waals surface area contributed by atoms with Crippen molar-refractivity contribution in [3.05, 3.63) is 76.5 Å². The van der Waals surface area contributed by atoms with Crippen LogP contribution in [-0.2, 0) is 23.1 Å². The number of aliphatic carboxylic acids is 1. The highest BCUT2D eigenvalue weighted by Crippen LogP contribution is 2.33. The maximum absolute atomic E-state index is 15.4. The summed E-state index contributed by atoms with van der Waals surface area (Å²) in [4.78, 5) is 38.8. The first kappa shape index (κ1) is 38.9. The number of carboxylic acid groups (broad SMARTS) is 1. The van der Waals surface area contributed by atoms with Crippen molar-refractivity contribution in [2.75, 3.05) is 38.7 Å². The van der Waals surface area contributed by atoms with Crippen LogP contribution in [0.1, 0.15) is 39.5 Å². The molecule has 2 amide bonds. The average Bonchev–Trinajstić information content (AvgIpc) is 3.65. The maximum atomic E-state index is 15.4. The Morgan fingerprint density at radius 1 is 1.04 bits per heavy atom. The monoisotopic (exact) mass is 739 g/mol. The van der Waals surface area contributed by atoms with Crippen molar-refractivity contribution in [1.82, 2.24) is 30.0 Å². The van der Waals surface area contributed by atoms with Gasteiger partial charge in [0.05, 0.1) is 41.8 Å². The van der Waals surface area contributed by atoms with Crippen LogP contribution in [0.25, 0.3) is 22.4 Å². The summed E-state index contributed by atoms with van der Waals surface area (Å²) in [6.07, 6.45) is -0.274. The van der Waals surface area contributed by atoms with E-state index in [1.807, 2.05) is 0 Å². The van der Waals surface area contributed by atoms with E-state index < -0.39 is 29.7 Å². The van der Waals surface area contributed by atoms with E-state index in [4.69, 9.17) is 26.2 Å². The summed E-state index contributed by atoms with van der Waals surface area (Å²) in [5.41, 5.74) is 2.04. The molecule has 1 saturated heterocycles. The van der Waals surface area contributed by atoms with E-state index in [1.165, 1.54) is 42.2 Å². The number of carbonyl (C=O) groups excluding carboxylic acids is 2. The third-order valence-corrected chi connectivity index (χ3v) is 8.49. The highest BCUT2D eigenvalue weighted by atomic mass is 35.5. The number of ether oxygens (including phenoxy) is 1. The van der Waals surface area contributed by atoms with Crippen LogP contribution in [0.15, 0.2) is 42.7 Å². The van der Waals surface area contributed by atoms with Crippen LogP contribution in [0.2, 0.25) is 5.02 Å². The van der Waals surface area contributed by atoms with E-state index in [0.29, 0.717) is 48.1 Å². The first-order chi connectivity index (χ1) is 24.1. The van der Waals surface area contributed by atoms with Gasteiger partial charge >= 0.3 is 12.1 Å². The van der Waals surface area contributed by atoms with Crippen molar-refractivity contribution in [3.8, 4) is 22.4 Å². The third-order valence-electron chi connectivity index (χ3n) is 8.17. The molecule has 1 aliphatic heterocycles. The van der Waals surface area contributed by atoms with Gasteiger partial charge in [0.1, 0.15) is 0 Å². The van der Waals surface area contributed by atoms with Crippen LogP contribution in [0.4, 0.5) is 27.6 Å². The number of piperidine rings is 1. The molecule has 4 N–H and O–H groups in total. The van der Waals surface area contributed by atoms with E-state index in [9.17, 15) is 22.8 Å². The van der Waals surface area contributed by atoms with E-state index in [2.05, 4.69) is 26.0 Å². The second kappa shape index (κ2) is 16.9. The highest BCUT2D eigenvalue weighted by molar-refractivity contribution is 6.34. The zero-order chi connectivity index (χ0) is 37.5. The van der Waals surface area contributed by atoms with E-state index >= 15 is 8.78 Å². The molecule has 0 atom stereocenters. The van der Waals surface area contributed by atoms with Gasteiger partial charge < -0.3 is 30.4 Å². The predicted octanol–water partition coefficient (Wildman–Crippen LogP) is 5.45. The lowest BCUT2D eigenvalue weighted by atomic mass is 9.98. The Bertz CT molecular complexity index is 1890. The Balaban J connectivity index is 0.000000755. The number of halogens is 6. The fourth-order valence-corrected chi connectivity index (χ4v) is 5.59. The van der Waals surface area contributed by atoms with E-state index in [-0.39, 0.29) is 33.6 Å². The topological polar surface area (TPSA) is 152 Å². The van der Waals surface area contributed by atoms with Crippen LogP contribution in [0.5, 0.6) is 0 Å². The van der Waals surface area contributed by atoms with E-state index in [0.717, 1.165) is 25.9 Å². The molecule has 18 heteroatoms. The van der Waals surface area contributed by atoms with Gasteiger partial charge in [0.15, 0.2) is 17.5 Å². The smallest absolute Gasteiger partial charge is 0.475 e. The molecular weight excluding hydrogens is 705 g/mol. The van der Waals surface area contributed by atoms with Gasteiger partial charge in [-0.2, -0.15) is 18.3 Å². The molecule has 2 aromatic heterocycles. The number of anilines is 1. The predicted molar refractivity (Wildman–Crippen MR) is 177 cm³/mol. The number of nitrogens with one attached hydrogen (secondary N) is 3. The molecule has 274 valence electrons. The number of aromatic nitrogens is 4. The normalized spacial score (nSPS) is 13.4. The van der Waals surface area contributed by atoms with Crippen LogP contribution in [0.3, 0.4) is 0 Å². The number of imidazole rings is 1. The van der Waals surface area contributed by atoms with Crippen molar-refractivity contribution < 1.29 is 46.2 Å². The third kappa shape index (κ3) is 9.47. The molecular formula is C33H35ClF5N7O5. The molecule has 1 aliphatic rings. The van der Waals surface area contributed by atoms with Gasteiger partial charge in [-0.1, -0.05) is 17.7 Å². The molecule has 2 aromatic carbocycles. The molecule has 0 radical (unpaired) electrons. The zero-order valence-corrected chi connectivity index (χ0v) is 28.5. The summed E-state index contributed by atoms with van der Waals surface area (Å²) >= 11 is 6.38. The van der Waals surface area contributed by atoms with E-state index in [1.54, 1.807) is 30.8 Å². The number of alkyl halides is 3. The summed E-state index contributed by atoms with van der Waals surface area (Å²) in [6.45, 7) is 5.14. The number of methoxy groups -OCH3 is 1. The first-order valence-electron chi connectivity index (χ1n) is 15.6. The number of carbonyl (C=O) groups is 3. The number of hydrogen-bond donors (Lipinski definition) is 4. The molecule has 0 spiro atoms. The Labute approximate surface area is 293 Å². The number of rotatable bonds is 10. The lowest BCUT2D eigenvalue weighted by Crippen LogP contribution is -2.36. The number of hydrogen-bond acceptors (Lipinski definition) is 7. The van der Waals surface area contributed by atoms with Crippen molar-refractivity contribution in [2.45, 2.75) is 32.5 Å². The molecule has 51 heavy (non-hydrogen) atoms. The lowest BCUT2D eigenvalue weighted by Gasteiger charge is -2.22. The van der Waals surface area contributed by atoms with Crippen molar-refractivity contribution in [3.63, 3.8) is 0 Å². The molecule has 12 nitrogen and oxygen atoms in total. The summed E-state index contributed by atoms with van der Waals surface area (Å²) in [7, 11) is 3.11.